The van der Waals surface area contributed by atoms with Crippen LogP contribution in [0.15, 0.2) is 36.8 Å². The summed E-state index contributed by atoms with van der Waals surface area (Å²) in [6.45, 7) is -0.148. The summed E-state index contributed by atoms with van der Waals surface area (Å²) < 4.78 is 65.9. The molecule has 2 aromatic heterocycles. The van der Waals surface area contributed by atoms with Gasteiger partial charge in [0.15, 0.2) is 17.2 Å². The lowest BCUT2D eigenvalue weighted by Gasteiger charge is -2.07. The molecule has 0 saturated heterocycles. The molecule has 0 aliphatic rings. The van der Waals surface area contributed by atoms with Crippen LogP contribution in [0.25, 0.3) is 5.65 Å². The molecule has 0 fully saturated rings. The number of aromatic nitrogens is 3. The zero-order valence-corrected chi connectivity index (χ0v) is 11.4. The monoisotopic (exact) mass is 328 g/mol. The summed E-state index contributed by atoms with van der Waals surface area (Å²) in [6, 6.07) is 2.94. The van der Waals surface area contributed by atoms with E-state index in [1.165, 1.54) is 12.4 Å². The number of halogens is 5. The van der Waals surface area contributed by atoms with Crippen LogP contribution in [0.3, 0.4) is 0 Å². The van der Waals surface area contributed by atoms with E-state index in [2.05, 4.69) is 15.3 Å². The molecule has 0 radical (unpaired) electrons. The highest BCUT2D eigenvalue weighted by Crippen LogP contribution is 2.29. The minimum Gasteiger partial charge on any atom is -0.363 e. The summed E-state index contributed by atoms with van der Waals surface area (Å²) in [7, 11) is 0. The first kappa shape index (κ1) is 15.2. The molecule has 0 aliphatic carbocycles. The first-order chi connectivity index (χ1) is 10.8. The summed E-state index contributed by atoms with van der Waals surface area (Å²) in [5.41, 5.74) is -1.10. The van der Waals surface area contributed by atoms with E-state index in [4.69, 9.17) is 0 Å². The van der Waals surface area contributed by atoms with Crippen LogP contribution in [-0.4, -0.2) is 14.4 Å². The van der Waals surface area contributed by atoms with Gasteiger partial charge in [-0.05, 0) is 18.2 Å². The number of hydrogen-bond donors (Lipinski definition) is 1. The molecule has 0 bridgehead atoms. The Morgan fingerprint density at radius 2 is 1.96 bits per heavy atom. The predicted molar refractivity (Wildman–Crippen MR) is 71.7 cm³/mol. The number of fused-ring (bicyclic) bond motifs is 1. The fraction of sp³-hybridized carbons (Fsp3) is 0.143. The topological polar surface area (TPSA) is 42.2 Å². The lowest BCUT2D eigenvalue weighted by Crippen LogP contribution is -2.06. The highest BCUT2D eigenvalue weighted by atomic mass is 19.4. The van der Waals surface area contributed by atoms with Gasteiger partial charge >= 0.3 is 6.18 Å². The van der Waals surface area contributed by atoms with Crippen molar-refractivity contribution in [3.05, 3.63) is 59.7 Å². The Hall–Kier alpha value is -2.71. The second-order valence-corrected chi connectivity index (χ2v) is 4.72. The third-order valence-electron chi connectivity index (χ3n) is 3.12. The Kier molecular flexibility index (Phi) is 3.63. The maximum absolute atomic E-state index is 13.5. The summed E-state index contributed by atoms with van der Waals surface area (Å²) in [6.07, 6.45) is -1.17. The first-order valence-corrected chi connectivity index (χ1v) is 6.43. The fourth-order valence-electron chi connectivity index (χ4n) is 2.04. The average molecular weight is 328 g/mol. The van der Waals surface area contributed by atoms with Crippen LogP contribution in [0.4, 0.5) is 27.8 Å². The summed E-state index contributed by atoms with van der Waals surface area (Å²) in [5, 5.41) is 2.67. The third kappa shape index (κ3) is 3.08. The standard InChI is InChI=1S/C14H9F5N4/c15-9-1-2-10(16)8(5-9)6-21-12-13-22-11(14(17,18)19)7-23(13)4-3-20-12/h1-5,7H,6H2,(H,20,21). The van der Waals surface area contributed by atoms with Crippen LogP contribution >= 0.6 is 0 Å². The minimum atomic E-state index is -4.59. The van der Waals surface area contributed by atoms with Gasteiger partial charge in [0.2, 0.25) is 0 Å². The zero-order valence-electron chi connectivity index (χ0n) is 11.4. The molecule has 0 unspecified atom stereocenters. The third-order valence-corrected chi connectivity index (χ3v) is 3.12. The van der Waals surface area contributed by atoms with Gasteiger partial charge in [-0.2, -0.15) is 13.2 Å². The second-order valence-electron chi connectivity index (χ2n) is 4.72. The van der Waals surface area contributed by atoms with Crippen molar-refractivity contribution in [2.75, 3.05) is 5.32 Å². The molecule has 4 nitrogen and oxygen atoms in total. The zero-order chi connectivity index (χ0) is 16.6. The number of nitrogens with zero attached hydrogens (tertiary/aromatic N) is 3. The Labute approximate surface area is 126 Å². The highest BCUT2D eigenvalue weighted by Gasteiger charge is 2.34. The Morgan fingerprint density at radius 1 is 1.17 bits per heavy atom. The van der Waals surface area contributed by atoms with Crippen LogP contribution in [0.1, 0.15) is 11.3 Å². The van der Waals surface area contributed by atoms with Crippen molar-refractivity contribution in [1.29, 1.82) is 0 Å². The van der Waals surface area contributed by atoms with Crippen molar-refractivity contribution in [3.8, 4) is 0 Å². The van der Waals surface area contributed by atoms with Crippen LogP contribution in [0.5, 0.6) is 0 Å². The number of anilines is 1. The van der Waals surface area contributed by atoms with Crippen molar-refractivity contribution in [3.63, 3.8) is 0 Å². The van der Waals surface area contributed by atoms with Gasteiger partial charge in [-0.1, -0.05) is 0 Å². The maximum Gasteiger partial charge on any atom is 0.434 e. The minimum absolute atomic E-state index is 0.0244. The Balaban J connectivity index is 1.91. The summed E-state index contributed by atoms with van der Waals surface area (Å²) in [5.74, 6) is -1.22. The van der Waals surface area contributed by atoms with Crippen molar-refractivity contribution < 1.29 is 22.0 Å². The van der Waals surface area contributed by atoms with Crippen molar-refractivity contribution in [2.45, 2.75) is 12.7 Å². The van der Waals surface area contributed by atoms with E-state index in [9.17, 15) is 22.0 Å². The molecule has 3 aromatic rings. The van der Waals surface area contributed by atoms with Crippen LogP contribution in [0, 0.1) is 11.6 Å². The number of alkyl halides is 3. The number of imidazole rings is 1. The van der Waals surface area contributed by atoms with Crippen LogP contribution in [0.2, 0.25) is 0 Å². The van der Waals surface area contributed by atoms with Gasteiger partial charge in [0.25, 0.3) is 0 Å². The van der Waals surface area contributed by atoms with E-state index in [-0.39, 0.29) is 23.6 Å². The maximum atomic E-state index is 13.5. The van der Waals surface area contributed by atoms with Crippen molar-refractivity contribution in [2.24, 2.45) is 0 Å². The predicted octanol–water partition coefficient (Wildman–Crippen LogP) is 3.64. The van der Waals surface area contributed by atoms with E-state index in [1.807, 2.05) is 0 Å². The molecular formula is C14H9F5N4. The Bertz CT molecular complexity index is 856. The van der Waals surface area contributed by atoms with Crippen LogP contribution in [-0.2, 0) is 12.7 Å². The molecule has 0 amide bonds. The van der Waals surface area contributed by atoms with Gasteiger partial charge in [-0.15, -0.1) is 0 Å². The lowest BCUT2D eigenvalue weighted by atomic mass is 10.2. The number of hydrogen-bond acceptors (Lipinski definition) is 3. The molecule has 0 aliphatic heterocycles. The van der Waals surface area contributed by atoms with E-state index >= 15 is 0 Å². The summed E-state index contributed by atoms with van der Waals surface area (Å²) >= 11 is 0. The molecule has 1 N–H and O–H groups in total. The molecular weight excluding hydrogens is 319 g/mol. The lowest BCUT2D eigenvalue weighted by molar-refractivity contribution is -0.140. The molecule has 9 heteroatoms. The van der Waals surface area contributed by atoms with Gasteiger partial charge in [-0.3, -0.25) is 0 Å². The molecule has 0 spiro atoms. The molecule has 23 heavy (non-hydrogen) atoms. The number of rotatable bonds is 3. The fourth-order valence-corrected chi connectivity index (χ4v) is 2.04. The molecule has 1 aromatic carbocycles. The molecule has 3 rings (SSSR count). The normalized spacial score (nSPS) is 11.9. The highest BCUT2D eigenvalue weighted by molar-refractivity contribution is 5.63. The van der Waals surface area contributed by atoms with Crippen molar-refractivity contribution in [1.82, 2.24) is 14.4 Å². The summed E-state index contributed by atoms with van der Waals surface area (Å²) in [4.78, 5) is 7.37. The second kappa shape index (κ2) is 5.49. The van der Waals surface area contributed by atoms with Gasteiger partial charge in [-0.25, -0.2) is 18.7 Å². The quantitative estimate of drug-likeness (QED) is 0.747. The average Bonchev–Trinajstić information content (AvgIpc) is 2.93. The van der Waals surface area contributed by atoms with E-state index in [1.54, 1.807) is 0 Å². The number of benzene rings is 1. The van der Waals surface area contributed by atoms with E-state index < -0.39 is 23.5 Å². The molecule has 2 heterocycles. The SMILES string of the molecule is Fc1ccc(F)c(CNc2nccn3cc(C(F)(F)F)nc23)c1. The first-order valence-electron chi connectivity index (χ1n) is 6.43. The number of nitrogens with one attached hydrogen (secondary N) is 1. The molecule has 0 atom stereocenters. The van der Waals surface area contributed by atoms with Crippen molar-refractivity contribution >= 4 is 11.5 Å². The van der Waals surface area contributed by atoms with Gasteiger partial charge in [0.1, 0.15) is 11.6 Å². The molecule has 0 saturated carbocycles. The largest absolute Gasteiger partial charge is 0.434 e. The van der Waals surface area contributed by atoms with Crippen LogP contribution < -0.4 is 5.32 Å². The van der Waals surface area contributed by atoms with Gasteiger partial charge < -0.3 is 9.72 Å². The smallest absolute Gasteiger partial charge is 0.363 e. The molecule has 120 valence electrons. The van der Waals surface area contributed by atoms with Gasteiger partial charge in [0, 0.05) is 30.7 Å². The van der Waals surface area contributed by atoms with Gasteiger partial charge in [0.05, 0.1) is 0 Å². The Morgan fingerprint density at radius 3 is 2.70 bits per heavy atom. The van der Waals surface area contributed by atoms with E-state index in [0.29, 0.717) is 0 Å². The van der Waals surface area contributed by atoms with E-state index in [0.717, 1.165) is 28.8 Å².